The number of aryl methyl sites for hydroxylation is 2. The second kappa shape index (κ2) is 21.5. The number of fused-ring (bicyclic) bond motifs is 3. The summed E-state index contributed by atoms with van der Waals surface area (Å²) in [4.78, 5) is 34.1. The summed E-state index contributed by atoms with van der Waals surface area (Å²) in [5.41, 5.74) is 4.67. The highest BCUT2D eigenvalue weighted by Crippen LogP contribution is 2.39. The SMILES string of the molecule is C#C.CNC(=O)c1ccc(-c2ccc(Cl)nn2)cc1F.CNC(=O)c1ccc(-c2ccc3nnc(C(F)(F)c4ccc5nn(C)cc5c4F)n3n2)cc1F.Cn1cc2c(F)c(C(F)(F)C(=O)CN)ccc2n1. The van der Waals surface area contributed by atoms with Gasteiger partial charge in [0.25, 0.3) is 11.8 Å². The van der Waals surface area contributed by atoms with E-state index in [0.717, 1.165) is 22.7 Å². The summed E-state index contributed by atoms with van der Waals surface area (Å²) < 4.78 is 119. The number of nitrogens with one attached hydrogen (secondary N) is 2. The molecule has 9 aromatic rings. The summed E-state index contributed by atoms with van der Waals surface area (Å²) in [6, 6.07) is 18.4. The summed E-state index contributed by atoms with van der Waals surface area (Å²) in [5, 5.41) is 31.6. The fourth-order valence-corrected chi connectivity index (χ4v) is 6.94. The van der Waals surface area contributed by atoms with Crippen LogP contribution in [0.5, 0.6) is 0 Å². The van der Waals surface area contributed by atoms with Crippen molar-refractivity contribution in [1.82, 2.24) is 60.2 Å². The number of hydrogen-bond donors (Lipinski definition) is 3. The van der Waals surface area contributed by atoms with Gasteiger partial charge in [-0.1, -0.05) is 23.7 Å². The number of rotatable bonds is 9. The lowest BCUT2D eigenvalue weighted by molar-refractivity contribution is -0.143. The molecule has 4 N–H and O–H groups in total. The Bertz CT molecular complexity index is 3530. The van der Waals surface area contributed by atoms with Crippen LogP contribution in [0.2, 0.25) is 5.15 Å². The number of amides is 2. The number of hydrogen-bond acceptors (Lipinski definition) is 11. The van der Waals surface area contributed by atoms with E-state index in [9.17, 15) is 36.3 Å². The highest BCUT2D eigenvalue weighted by Gasteiger charge is 2.44. The average molecular weight is 1020 g/mol. The van der Waals surface area contributed by atoms with Gasteiger partial charge in [0.1, 0.15) is 23.3 Å². The molecule has 370 valence electrons. The van der Waals surface area contributed by atoms with Gasteiger partial charge in [-0.2, -0.15) is 37.4 Å². The molecule has 9 rings (SSSR count). The van der Waals surface area contributed by atoms with E-state index in [1.165, 1.54) is 84.4 Å². The van der Waals surface area contributed by atoms with Crippen molar-refractivity contribution in [3.05, 3.63) is 154 Å². The first-order valence-corrected chi connectivity index (χ1v) is 20.9. The molecule has 0 unspecified atom stereocenters. The quantitative estimate of drug-likeness (QED) is 0.0964. The van der Waals surface area contributed by atoms with Crippen LogP contribution in [0.3, 0.4) is 0 Å². The van der Waals surface area contributed by atoms with Gasteiger partial charge >= 0.3 is 11.8 Å². The van der Waals surface area contributed by atoms with Crippen molar-refractivity contribution in [2.75, 3.05) is 20.6 Å². The van der Waals surface area contributed by atoms with Crippen molar-refractivity contribution >= 4 is 56.7 Å². The molecule has 0 spiro atoms. The van der Waals surface area contributed by atoms with Crippen LogP contribution in [0.25, 0.3) is 50.0 Å². The third kappa shape index (κ3) is 10.6. The van der Waals surface area contributed by atoms with Gasteiger partial charge in [0.2, 0.25) is 11.6 Å². The van der Waals surface area contributed by atoms with E-state index in [-0.39, 0.29) is 55.0 Å². The zero-order chi connectivity index (χ0) is 52.8. The second-order valence-electron chi connectivity index (χ2n) is 14.9. The van der Waals surface area contributed by atoms with E-state index in [2.05, 4.69) is 59.2 Å². The Hall–Kier alpha value is -8.69. The Morgan fingerprint density at radius 1 is 0.639 bits per heavy atom. The van der Waals surface area contributed by atoms with Gasteiger partial charge in [-0.05, 0) is 72.8 Å². The normalized spacial score (nSPS) is 11.2. The summed E-state index contributed by atoms with van der Waals surface area (Å²) >= 11 is 5.62. The average Bonchev–Trinajstić information content (AvgIpc) is 4.10. The van der Waals surface area contributed by atoms with Gasteiger partial charge in [-0.3, -0.25) is 23.7 Å². The Morgan fingerprint density at radius 2 is 1.14 bits per heavy atom. The smallest absolute Gasteiger partial charge is 0.336 e. The molecule has 0 aliphatic carbocycles. The maximum absolute atomic E-state index is 15.5. The van der Waals surface area contributed by atoms with Crippen LogP contribution in [0.4, 0.5) is 35.1 Å². The van der Waals surface area contributed by atoms with Crippen molar-refractivity contribution in [3.8, 4) is 35.4 Å². The van der Waals surface area contributed by atoms with Crippen LogP contribution >= 0.6 is 11.6 Å². The molecule has 0 saturated carbocycles. The Morgan fingerprint density at radius 3 is 1.62 bits per heavy atom. The van der Waals surface area contributed by atoms with E-state index in [1.807, 2.05) is 0 Å². The molecule has 0 bridgehead atoms. The highest BCUT2D eigenvalue weighted by atomic mass is 35.5. The Kier molecular flexibility index (Phi) is 15.7. The fraction of sp³-hybridized carbons (Fsp3) is 0.149. The molecular formula is C47H36ClF8N13O3. The minimum atomic E-state index is -3.93. The number of benzene rings is 4. The van der Waals surface area contributed by atoms with Crippen LogP contribution in [0.1, 0.15) is 37.7 Å². The molecule has 0 atom stereocenters. The van der Waals surface area contributed by atoms with Gasteiger partial charge in [-0.25, -0.2) is 17.6 Å². The lowest BCUT2D eigenvalue weighted by Gasteiger charge is -2.15. The van der Waals surface area contributed by atoms with Crippen molar-refractivity contribution in [2.24, 2.45) is 19.8 Å². The monoisotopic (exact) mass is 1020 g/mol. The maximum atomic E-state index is 15.5. The molecule has 5 aromatic heterocycles. The molecular weight excluding hydrogens is 982 g/mol. The van der Waals surface area contributed by atoms with E-state index in [4.69, 9.17) is 17.3 Å². The zero-order valence-corrected chi connectivity index (χ0v) is 38.5. The lowest BCUT2D eigenvalue weighted by Crippen LogP contribution is -2.33. The summed E-state index contributed by atoms with van der Waals surface area (Å²) in [5.74, 6) is -15.0. The predicted octanol–water partition coefficient (Wildman–Crippen LogP) is 7.33. The first-order valence-electron chi connectivity index (χ1n) is 20.5. The van der Waals surface area contributed by atoms with E-state index in [1.54, 1.807) is 32.3 Å². The maximum Gasteiger partial charge on any atom is 0.336 e. The molecule has 5 heterocycles. The number of aromatic nitrogens is 10. The minimum Gasteiger partial charge on any atom is -0.355 e. The molecule has 2 amide bonds. The first kappa shape index (κ1) is 52.7. The minimum absolute atomic E-state index is 0.0104. The van der Waals surface area contributed by atoms with Crippen LogP contribution < -0.4 is 16.4 Å². The topological polar surface area (TPSA) is 206 Å². The van der Waals surface area contributed by atoms with Gasteiger partial charge in [0.05, 0.1) is 62.0 Å². The number of carbonyl (C=O) groups excluding carboxylic acids is 3. The van der Waals surface area contributed by atoms with E-state index in [0.29, 0.717) is 11.3 Å². The number of halogens is 9. The Balaban J connectivity index is 0.000000189. The number of terminal acetylenes is 1. The third-order valence-electron chi connectivity index (χ3n) is 10.3. The molecule has 25 heteroatoms. The summed E-state index contributed by atoms with van der Waals surface area (Å²) in [6.45, 7) is -0.850. The van der Waals surface area contributed by atoms with Crippen molar-refractivity contribution in [3.63, 3.8) is 0 Å². The molecule has 0 fully saturated rings. The van der Waals surface area contributed by atoms with Gasteiger partial charge in [0, 0.05) is 51.7 Å². The number of carbonyl (C=O) groups is 3. The third-order valence-corrected chi connectivity index (χ3v) is 10.5. The first-order chi connectivity index (χ1) is 34.2. The number of ketones is 1. The van der Waals surface area contributed by atoms with E-state index < -0.39 is 76.2 Å². The molecule has 16 nitrogen and oxygen atoms in total. The van der Waals surface area contributed by atoms with Gasteiger partial charge in [-0.15, -0.1) is 33.2 Å². The molecule has 0 saturated heterocycles. The molecule has 72 heavy (non-hydrogen) atoms. The molecule has 0 radical (unpaired) electrons. The fourth-order valence-electron chi connectivity index (χ4n) is 6.84. The molecule has 4 aromatic carbocycles. The van der Waals surface area contributed by atoms with E-state index >= 15 is 13.2 Å². The molecule has 0 aliphatic rings. The number of alkyl halides is 4. The van der Waals surface area contributed by atoms with Crippen LogP contribution in [0.15, 0.2) is 97.3 Å². The summed E-state index contributed by atoms with van der Waals surface area (Å²) in [7, 11) is 5.91. The predicted molar refractivity (Wildman–Crippen MR) is 248 cm³/mol. The van der Waals surface area contributed by atoms with Crippen LogP contribution in [0, 0.1) is 36.1 Å². The number of nitrogens with two attached hydrogens (primary N) is 1. The largest absolute Gasteiger partial charge is 0.355 e. The highest BCUT2D eigenvalue weighted by molar-refractivity contribution is 6.29. The standard InChI is InChI=1S/C22H15F4N7O.C12H9ClFN3O.C11H10F3N3O.C2H2/c1-27-20(34)12-4-3-11(9-15(12)23)16-7-8-18-28-29-21(33(18)31-16)22(25,26)14-5-6-17-13(19(14)24)10-32(2)30-17;1-15-12(18)8-3-2-7(6-9(8)14)10-4-5-11(13)17-16-10;1-17-5-6-8(16-17)3-2-7(10(6)12)11(13,14)9(18)4-15;1-2/h3-10H,1-2H3,(H,27,34);2-6H,1H3,(H,15,18);2-3,5H,4,15H2,1H3;1-2H. The number of Topliss-reactive ketones (excluding diaryl/α,β-unsaturated/α-hetero) is 1. The lowest BCUT2D eigenvalue weighted by atomic mass is 10.0. The van der Waals surface area contributed by atoms with Crippen molar-refractivity contribution in [2.45, 2.75) is 11.8 Å². The zero-order valence-electron chi connectivity index (χ0n) is 37.8. The number of nitrogens with zero attached hydrogens (tertiary/aromatic N) is 10. The van der Waals surface area contributed by atoms with Crippen LogP contribution in [-0.4, -0.2) is 87.8 Å². The van der Waals surface area contributed by atoms with Crippen molar-refractivity contribution < 1.29 is 49.5 Å². The summed E-state index contributed by atoms with van der Waals surface area (Å²) in [6.07, 6.45) is 10.6. The van der Waals surface area contributed by atoms with Crippen molar-refractivity contribution in [1.29, 1.82) is 0 Å². The molecule has 0 aliphatic heterocycles. The second-order valence-corrected chi connectivity index (χ2v) is 15.3. The van der Waals surface area contributed by atoms with Gasteiger partial charge in [0.15, 0.2) is 10.8 Å². The van der Waals surface area contributed by atoms with Crippen LogP contribution in [-0.2, 0) is 30.7 Å². The Labute approximate surface area is 406 Å². The van der Waals surface area contributed by atoms with Gasteiger partial charge < -0.3 is 16.4 Å².